The Kier molecular flexibility index (Phi) is 3.75. The fourth-order valence-electron chi connectivity index (χ4n) is 2.79. The van der Waals surface area contributed by atoms with E-state index in [9.17, 15) is 9.59 Å². The Morgan fingerprint density at radius 1 is 1.29 bits per heavy atom. The van der Waals surface area contributed by atoms with Crippen LogP contribution in [0.25, 0.3) is 0 Å². The van der Waals surface area contributed by atoms with Gasteiger partial charge in [0.05, 0.1) is 6.10 Å². The third kappa shape index (κ3) is 2.47. The summed E-state index contributed by atoms with van der Waals surface area (Å²) in [5.74, 6) is -0.703. The van der Waals surface area contributed by atoms with Crippen LogP contribution >= 0.6 is 22.6 Å². The highest BCUT2D eigenvalue weighted by molar-refractivity contribution is 14.1. The van der Waals surface area contributed by atoms with E-state index in [-0.39, 0.29) is 23.9 Å². The number of nitrogens with zero attached hydrogens (tertiary/aromatic N) is 2. The molecule has 3 heterocycles. The van der Waals surface area contributed by atoms with E-state index in [0.717, 1.165) is 8.99 Å². The molecule has 21 heavy (non-hydrogen) atoms. The summed E-state index contributed by atoms with van der Waals surface area (Å²) in [5.41, 5.74) is -0.770. The molecule has 0 amide bonds. The van der Waals surface area contributed by atoms with Crippen molar-refractivity contribution in [2.24, 2.45) is 7.05 Å². The van der Waals surface area contributed by atoms with Crippen molar-refractivity contribution in [3.63, 3.8) is 0 Å². The average Bonchev–Trinajstić information content (AvgIpc) is 2.90. The topological polar surface area (TPSA) is 71.7 Å². The summed E-state index contributed by atoms with van der Waals surface area (Å²) < 4.78 is 20.9. The lowest BCUT2D eigenvalue weighted by molar-refractivity contribution is -0.194. The van der Waals surface area contributed by atoms with Crippen LogP contribution in [0.1, 0.15) is 20.1 Å². The highest BCUT2D eigenvalue weighted by atomic mass is 127. The first-order valence-electron chi connectivity index (χ1n) is 6.69. The van der Waals surface area contributed by atoms with Gasteiger partial charge in [-0.05, 0) is 13.8 Å². The maximum atomic E-state index is 12.3. The fourth-order valence-corrected chi connectivity index (χ4v) is 3.50. The van der Waals surface area contributed by atoms with Crippen LogP contribution in [0.15, 0.2) is 21.9 Å². The summed E-state index contributed by atoms with van der Waals surface area (Å²) in [5, 5.41) is 0. The third-order valence-electron chi connectivity index (χ3n) is 3.77. The van der Waals surface area contributed by atoms with Crippen LogP contribution in [0.3, 0.4) is 0 Å². The lowest BCUT2D eigenvalue weighted by Gasteiger charge is -2.24. The normalized spacial score (nSPS) is 34.1. The number of halogens is 1. The van der Waals surface area contributed by atoms with E-state index in [2.05, 4.69) is 22.6 Å². The summed E-state index contributed by atoms with van der Waals surface area (Å²) in [7, 11) is 1.44. The molecule has 0 unspecified atom stereocenters. The molecule has 2 saturated heterocycles. The molecular formula is C13H17IN2O5. The highest BCUT2D eigenvalue weighted by Gasteiger charge is 2.55. The summed E-state index contributed by atoms with van der Waals surface area (Å²) in [6.07, 6.45) is 0.139. The molecule has 4 atom stereocenters. The summed E-state index contributed by atoms with van der Waals surface area (Å²) in [6.45, 7) is 3.69. The van der Waals surface area contributed by atoms with Gasteiger partial charge in [-0.25, -0.2) is 4.79 Å². The second-order valence-electron chi connectivity index (χ2n) is 5.69. The Bertz CT molecular complexity index is 667. The second-order valence-corrected chi connectivity index (χ2v) is 6.57. The molecule has 0 bridgehead atoms. The number of ether oxygens (including phenoxy) is 3. The molecule has 0 aromatic carbocycles. The largest absolute Gasteiger partial charge is 0.348 e. The number of rotatable bonds is 2. The molecule has 0 aliphatic carbocycles. The van der Waals surface area contributed by atoms with E-state index in [0.29, 0.717) is 0 Å². The van der Waals surface area contributed by atoms with Gasteiger partial charge in [0.2, 0.25) is 0 Å². The van der Waals surface area contributed by atoms with Crippen LogP contribution in [0.2, 0.25) is 0 Å². The zero-order valence-electron chi connectivity index (χ0n) is 12.0. The minimum atomic E-state index is -0.703. The molecule has 1 aromatic heterocycles. The van der Waals surface area contributed by atoms with Crippen molar-refractivity contribution < 1.29 is 14.2 Å². The van der Waals surface area contributed by atoms with Crippen LogP contribution in [-0.4, -0.2) is 37.7 Å². The molecule has 1 aromatic rings. The Morgan fingerprint density at radius 3 is 2.62 bits per heavy atom. The van der Waals surface area contributed by atoms with E-state index in [1.807, 2.05) is 13.8 Å². The molecule has 7 nitrogen and oxygen atoms in total. The quantitative estimate of drug-likeness (QED) is 0.524. The van der Waals surface area contributed by atoms with Crippen molar-refractivity contribution in [1.29, 1.82) is 0 Å². The van der Waals surface area contributed by atoms with Crippen LogP contribution in [0.5, 0.6) is 0 Å². The Balaban J connectivity index is 2.02. The van der Waals surface area contributed by atoms with E-state index in [1.165, 1.54) is 23.9 Å². The van der Waals surface area contributed by atoms with Crippen molar-refractivity contribution in [3.8, 4) is 0 Å². The Labute approximate surface area is 134 Å². The van der Waals surface area contributed by atoms with Crippen molar-refractivity contribution in [1.82, 2.24) is 9.13 Å². The summed E-state index contributed by atoms with van der Waals surface area (Å²) >= 11 is 2.22. The number of fused-ring (bicyclic) bond motifs is 1. The fraction of sp³-hybridized carbons (Fsp3) is 0.692. The maximum absolute atomic E-state index is 12.3. The Hall–Kier alpha value is -0.710. The van der Waals surface area contributed by atoms with E-state index in [1.54, 1.807) is 0 Å². The van der Waals surface area contributed by atoms with Gasteiger partial charge in [0.15, 0.2) is 12.0 Å². The van der Waals surface area contributed by atoms with E-state index < -0.39 is 17.7 Å². The van der Waals surface area contributed by atoms with Gasteiger partial charge in [-0.3, -0.25) is 13.9 Å². The SMILES string of the molecule is Cn1c(=O)ccn([C@@H]2O[C@H](CI)[C@H]3OC(C)(C)O[C@H]32)c1=O. The van der Waals surface area contributed by atoms with E-state index >= 15 is 0 Å². The van der Waals surface area contributed by atoms with Crippen LogP contribution in [0, 0.1) is 0 Å². The molecular weight excluding hydrogens is 391 g/mol. The Morgan fingerprint density at radius 2 is 1.95 bits per heavy atom. The van der Waals surface area contributed by atoms with Crippen molar-refractivity contribution >= 4 is 22.6 Å². The number of aromatic nitrogens is 2. The molecule has 116 valence electrons. The molecule has 3 rings (SSSR count). The highest BCUT2D eigenvalue weighted by Crippen LogP contribution is 2.42. The molecule has 2 aliphatic heterocycles. The molecule has 0 spiro atoms. The molecule has 0 saturated carbocycles. The van der Waals surface area contributed by atoms with Crippen LogP contribution in [-0.2, 0) is 21.3 Å². The van der Waals surface area contributed by atoms with Crippen LogP contribution < -0.4 is 11.2 Å². The lowest BCUT2D eigenvalue weighted by atomic mass is 10.1. The van der Waals surface area contributed by atoms with Crippen LogP contribution in [0.4, 0.5) is 0 Å². The first kappa shape index (κ1) is 15.2. The third-order valence-corrected chi connectivity index (χ3v) is 4.64. The number of hydrogen-bond acceptors (Lipinski definition) is 5. The molecule has 2 fully saturated rings. The summed E-state index contributed by atoms with van der Waals surface area (Å²) in [6, 6.07) is 1.35. The van der Waals surface area contributed by atoms with Gasteiger partial charge in [-0.1, -0.05) is 22.6 Å². The number of alkyl halides is 1. The summed E-state index contributed by atoms with van der Waals surface area (Å²) in [4.78, 5) is 23.8. The minimum absolute atomic E-state index is 0.147. The van der Waals surface area contributed by atoms with Gasteiger partial charge in [0, 0.05) is 23.7 Å². The van der Waals surface area contributed by atoms with Crippen molar-refractivity contribution in [2.45, 2.75) is 44.2 Å². The predicted molar refractivity (Wildman–Crippen MR) is 82.6 cm³/mol. The zero-order valence-corrected chi connectivity index (χ0v) is 14.1. The molecule has 2 aliphatic rings. The van der Waals surface area contributed by atoms with Crippen molar-refractivity contribution in [3.05, 3.63) is 33.1 Å². The molecule has 0 N–H and O–H groups in total. The van der Waals surface area contributed by atoms with Gasteiger partial charge in [0.25, 0.3) is 5.56 Å². The van der Waals surface area contributed by atoms with Gasteiger partial charge in [-0.2, -0.15) is 0 Å². The van der Waals surface area contributed by atoms with Gasteiger partial charge >= 0.3 is 5.69 Å². The molecule has 8 heteroatoms. The zero-order chi connectivity index (χ0) is 15.4. The first-order valence-corrected chi connectivity index (χ1v) is 8.22. The van der Waals surface area contributed by atoms with Gasteiger partial charge in [0.1, 0.15) is 12.2 Å². The average molecular weight is 408 g/mol. The monoisotopic (exact) mass is 408 g/mol. The molecule has 0 radical (unpaired) electrons. The second kappa shape index (κ2) is 5.18. The van der Waals surface area contributed by atoms with Crippen molar-refractivity contribution in [2.75, 3.05) is 4.43 Å². The lowest BCUT2D eigenvalue weighted by Crippen LogP contribution is -2.41. The maximum Gasteiger partial charge on any atom is 0.332 e. The predicted octanol–water partition coefficient (Wildman–Crippen LogP) is 0.399. The smallest absolute Gasteiger partial charge is 0.332 e. The minimum Gasteiger partial charge on any atom is -0.348 e. The van der Waals surface area contributed by atoms with Gasteiger partial charge in [-0.15, -0.1) is 0 Å². The number of hydrogen-bond donors (Lipinski definition) is 0. The first-order chi connectivity index (χ1) is 9.84. The standard InChI is InChI=1S/C13H17IN2O5/c1-13(2)20-9-7(6-14)19-11(10(9)21-13)16-5-4-8(17)15(3)12(16)18/h4-5,7,9-11H,6H2,1-3H3/t7-,9-,10-,11-/m1/s1. The van der Waals surface area contributed by atoms with E-state index in [4.69, 9.17) is 14.2 Å². The van der Waals surface area contributed by atoms with Gasteiger partial charge < -0.3 is 14.2 Å².